The first-order chi connectivity index (χ1) is 9.11. The van der Waals surface area contributed by atoms with E-state index in [4.69, 9.17) is 27.9 Å². The fraction of sp³-hybridized carbons (Fsp3) is 0.667. The van der Waals surface area contributed by atoms with Crippen molar-refractivity contribution < 1.29 is 4.74 Å². The summed E-state index contributed by atoms with van der Waals surface area (Å²) in [6, 6.07) is 0.0993. The highest BCUT2D eigenvalue weighted by molar-refractivity contribution is 7.99. The van der Waals surface area contributed by atoms with Gasteiger partial charge in [-0.25, -0.2) is 4.98 Å². The summed E-state index contributed by atoms with van der Waals surface area (Å²) >= 11 is 13.6. The zero-order valence-corrected chi connectivity index (χ0v) is 12.6. The zero-order chi connectivity index (χ0) is 13.5. The predicted molar refractivity (Wildman–Crippen MR) is 77.4 cm³/mol. The van der Waals surface area contributed by atoms with Gasteiger partial charge in [0.1, 0.15) is 5.02 Å². The van der Waals surface area contributed by atoms with E-state index < -0.39 is 0 Å². The number of halogens is 2. The lowest BCUT2D eigenvalue weighted by Crippen LogP contribution is -2.42. The Balaban J connectivity index is 1.90. The van der Waals surface area contributed by atoms with E-state index in [1.54, 1.807) is 4.57 Å². The molecule has 2 aliphatic rings. The Bertz CT molecular complexity index is 543. The molecule has 1 spiro atoms. The molecule has 2 atom stereocenters. The molecule has 0 aromatic carbocycles. The number of thioether (sulfide) groups is 1. The van der Waals surface area contributed by atoms with Crippen LogP contribution in [0.2, 0.25) is 10.2 Å². The number of ether oxygens (including phenoxy) is 1. The van der Waals surface area contributed by atoms with Crippen LogP contribution in [0, 0.1) is 0 Å². The summed E-state index contributed by atoms with van der Waals surface area (Å²) in [6.07, 6.45) is 4.21. The molecule has 2 fully saturated rings. The lowest BCUT2D eigenvalue weighted by atomic mass is 9.90. The average molecular weight is 321 g/mol. The second kappa shape index (κ2) is 5.28. The second-order valence-corrected chi connectivity index (χ2v) is 6.88. The van der Waals surface area contributed by atoms with Gasteiger partial charge in [0.25, 0.3) is 5.56 Å². The number of rotatable bonds is 1. The van der Waals surface area contributed by atoms with Gasteiger partial charge in [-0.3, -0.25) is 9.36 Å². The standard InChI is InChI=1S/C12H14Cl2N2O2S/c13-9-10(14)15-7-16(11(9)17)8-1-3-18-12(5-8)2-4-19-6-12/h7-8H,1-6H2. The highest BCUT2D eigenvalue weighted by Crippen LogP contribution is 2.41. The van der Waals surface area contributed by atoms with Crippen LogP contribution in [0.4, 0.5) is 0 Å². The molecule has 7 heteroatoms. The third-order valence-corrected chi connectivity index (χ3v) is 5.77. The topological polar surface area (TPSA) is 44.1 Å². The van der Waals surface area contributed by atoms with Crippen molar-refractivity contribution >= 4 is 35.0 Å². The Morgan fingerprint density at radius 2 is 2.37 bits per heavy atom. The van der Waals surface area contributed by atoms with Crippen LogP contribution in [0.25, 0.3) is 0 Å². The third-order valence-electron chi connectivity index (χ3n) is 3.83. The summed E-state index contributed by atoms with van der Waals surface area (Å²) in [5.74, 6) is 2.13. The molecule has 0 bridgehead atoms. The van der Waals surface area contributed by atoms with Crippen molar-refractivity contribution in [1.82, 2.24) is 9.55 Å². The highest BCUT2D eigenvalue weighted by atomic mass is 35.5. The largest absolute Gasteiger partial charge is 0.374 e. The van der Waals surface area contributed by atoms with Crippen LogP contribution in [-0.2, 0) is 4.74 Å². The quantitative estimate of drug-likeness (QED) is 0.746. The molecule has 19 heavy (non-hydrogen) atoms. The van der Waals surface area contributed by atoms with Gasteiger partial charge in [-0.2, -0.15) is 11.8 Å². The summed E-state index contributed by atoms with van der Waals surface area (Å²) in [6.45, 7) is 0.678. The van der Waals surface area contributed by atoms with E-state index in [1.807, 2.05) is 11.8 Å². The molecule has 104 valence electrons. The van der Waals surface area contributed by atoms with Crippen molar-refractivity contribution in [2.75, 3.05) is 18.1 Å². The molecule has 3 heterocycles. The van der Waals surface area contributed by atoms with Crippen LogP contribution in [0.5, 0.6) is 0 Å². The van der Waals surface area contributed by atoms with Gasteiger partial charge < -0.3 is 4.74 Å². The third kappa shape index (κ3) is 2.53. The van der Waals surface area contributed by atoms with Gasteiger partial charge in [-0.1, -0.05) is 23.2 Å². The molecule has 0 radical (unpaired) electrons. The monoisotopic (exact) mass is 320 g/mol. The van der Waals surface area contributed by atoms with Crippen molar-refractivity contribution in [1.29, 1.82) is 0 Å². The van der Waals surface area contributed by atoms with E-state index >= 15 is 0 Å². The van der Waals surface area contributed by atoms with Crippen molar-refractivity contribution in [3.63, 3.8) is 0 Å². The van der Waals surface area contributed by atoms with Crippen LogP contribution in [-0.4, -0.2) is 33.3 Å². The molecule has 1 aromatic heterocycles. The Labute approximate surface area is 125 Å². The predicted octanol–water partition coefficient (Wildman–Crippen LogP) is 2.78. The van der Waals surface area contributed by atoms with E-state index in [0.29, 0.717) is 6.61 Å². The first kappa shape index (κ1) is 13.7. The Morgan fingerprint density at radius 3 is 3.11 bits per heavy atom. The zero-order valence-electron chi connectivity index (χ0n) is 10.3. The SMILES string of the molecule is O=c1c(Cl)c(Cl)ncn1C1CCOC2(CCSC2)C1. The van der Waals surface area contributed by atoms with Gasteiger partial charge in [0, 0.05) is 18.4 Å². The minimum Gasteiger partial charge on any atom is -0.374 e. The fourth-order valence-electron chi connectivity index (χ4n) is 2.79. The molecule has 1 aromatic rings. The van der Waals surface area contributed by atoms with E-state index in [9.17, 15) is 4.79 Å². The van der Waals surface area contributed by atoms with Gasteiger partial charge in [-0.15, -0.1) is 0 Å². The fourth-order valence-corrected chi connectivity index (χ4v) is 4.44. The summed E-state index contributed by atoms with van der Waals surface area (Å²) < 4.78 is 7.57. The van der Waals surface area contributed by atoms with E-state index in [0.717, 1.165) is 30.8 Å². The summed E-state index contributed by atoms with van der Waals surface area (Å²) in [4.78, 5) is 16.1. The number of hydrogen-bond donors (Lipinski definition) is 0. The Morgan fingerprint density at radius 1 is 1.53 bits per heavy atom. The molecule has 0 N–H and O–H groups in total. The maximum atomic E-state index is 12.2. The number of hydrogen-bond acceptors (Lipinski definition) is 4. The first-order valence-electron chi connectivity index (χ1n) is 6.25. The Kier molecular flexibility index (Phi) is 3.82. The lowest BCUT2D eigenvalue weighted by molar-refractivity contribution is -0.0767. The normalized spacial score (nSPS) is 30.9. The van der Waals surface area contributed by atoms with Crippen molar-refractivity contribution in [3.8, 4) is 0 Å². The first-order valence-corrected chi connectivity index (χ1v) is 8.16. The van der Waals surface area contributed by atoms with E-state index in [2.05, 4.69) is 4.98 Å². The average Bonchev–Trinajstić information content (AvgIpc) is 2.84. The maximum Gasteiger partial charge on any atom is 0.273 e. The second-order valence-electron chi connectivity index (χ2n) is 5.04. The van der Waals surface area contributed by atoms with Gasteiger partial charge in [-0.05, 0) is 25.0 Å². The van der Waals surface area contributed by atoms with Crippen LogP contribution >= 0.6 is 35.0 Å². The number of aromatic nitrogens is 2. The molecular formula is C12H14Cl2N2O2S. The molecule has 2 unspecified atom stereocenters. The molecule has 3 rings (SSSR count). The summed E-state index contributed by atoms with van der Waals surface area (Å²) in [5.41, 5.74) is -0.326. The van der Waals surface area contributed by atoms with Gasteiger partial charge in [0.15, 0.2) is 5.15 Å². The minimum absolute atomic E-state index is 0.00510. The van der Waals surface area contributed by atoms with Crippen molar-refractivity contribution in [2.45, 2.75) is 30.9 Å². The van der Waals surface area contributed by atoms with Crippen LogP contribution in [0.3, 0.4) is 0 Å². The summed E-state index contributed by atoms with van der Waals surface area (Å²) in [5, 5.41) is 0.0756. The van der Waals surface area contributed by atoms with Crippen molar-refractivity contribution in [2.24, 2.45) is 0 Å². The smallest absolute Gasteiger partial charge is 0.273 e. The van der Waals surface area contributed by atoms with Crippen molar-refractivity contribution in [3.05, 3.63) is 26.9 Å². The van der Waals surface area contributed by atoms with Crippen LogP contribution < -0.4 is 5.56 Å². The molecule has 0 amide bonds. The van der Waals surface area contributed by atoms with Gasteiger partial charge >= 0.3 is 0 Å². The summed E-state index contributed by atoms with van der Waals surface area (Å²) in [7, 11) is 0. The van der Waals surface area contributed by atoms with Crippen LogP contribution in [0.1, 0.15) is 25.3 Å². The highest BCUT2D eigenvalue weighted by Gasteiger charge is 2.41. The molecule has 0 aliphatic carbocycles. The lowest BCUT2D eigenvalue weighted by Gasteiger charge is -2.38. The molecule has 4 nitrogen and oxygen atoms in total. The van der Waals surface area contributed by atoms with Crippen LogP contribution in [0.15, 0.2) is 11.1 Å². The van der Waals surface area contributed by atoms with E-state index in [1.165, 1.54) is 6.33 Å². The van der Waals surface area contributed by atoms with Gasteiger partial charge in [0.05, 0.1) is 11.9 Å². The Hall–Kier alpha value is -0.230. The molecular weight excluding hydrogens is 307 g/mol. The molecule has 0 saturated carbocycles. The maximum absolute atomic E-state index is 12.2. The van der Waals surface area contributed by atoms with E-state index in [-0.39, 0.29) is 27.4 Å². The minimum atomic E-state index is -0.255. The molecule has 2 saturated heterocycles. The number of nitrogens with zero attached hydrogens (tertiary/aromatic N) is 2. The molecule has 2 aliphatic heterocycles. The van der Waals surface area contributed by atoms with Gasteiger partial charge in [0.2, 0.25) is 0 Å².